The van der Waals surface area contributed by atoms with Crippen LogP contribution >= 0.6 is 11.8 Å². The number of thioether (sulfide) groups is 1. The molecule has 112 valence electrons. The lowest BCUT2D eigenvalue weighted by atomic mass is 10.2. The van der Waals surface area contributed by atoms with Crippen molar-refractivity contribution in [3.63, 3.8) is 0 Å². The SMILES string of the molecule is Cc1cc(CNCC(C)C)nc(C2CSCCN2C)n1. The summed E-state index contributed by atoms with van der Waals surface area (Å²) >= 11 is 2.00. The third kappa shape index (κ3) is 4.43. The lowest BCUT2D eigenvalue weighted by molar-refractivity contribution is 0.263. The van der Waals surface area contributed by atoms with E-state index < -0.39 is 0 Å². The molecule has 0 saturated carbocycles. The van der Waals surface area contributed by atoms with Gasteiger partial charge in [0.2, 0.25) is 0 Å². The Balaban J connectivity index is 2.07. The number of aryl methyl sites for hydroxylation is 1. The number of rotatable bonds is 5. The minimum atomic E-state index is 0.359. The maximum Gasteiger partial charge on any atom is 0.146 e. The zero-order valence-corrected chi connectivity index (χ0v) is 13.8. The van der Waals surface area contributed by atoms with Gasteiger partial charge in [0.1, 0.15) is 5.82 Å². The third-order valence-electron chi connectivity index (χ3n) is 3.48. The van der Waals surface area contributed by atoms with E-state index in [1.165, 1.54) is 5.75 Å². The molecule has 0 aromatic carbocycles. The van der Waals surface area contributed by atoms with Gasteiger partial charge in [0.15, 0.2) is 0 Å². The maximum atomic E-state index is 4.78. The quantitative estimate of drug-likeness (QED) is 0.902. The van der Waals surface area contributed by atoms with Gasteiger partial charge in [0.25, 0.3) is 0 Å². The van der Waals surface area contributed by atoms with Crippen molar-refractivity contribution >= 4 is 11.8 Å². The van der Waals surface area contributed by atoms with Crippen LogP contribution in [0.4, 0.5) is 0 Å². The Morgan fingerprint density at radius 2 is 2.25 bits per heavy atom. The molecule has 1 N–H and O–H groups in total. The van der Waals surface area contributed by atoms with Crippen LogP contribution in [0.2, 0.25) is 0 Å². The molecule has 4 nitrogen and oxygen atoms in total. The van der Waals surface area contributed by atoms with Gasteiger partial charge in [-0.2, -0.15) is 11.8 Å². The van der Waals surface area contributed by atoms with Gasteiger partial charge in [-0.25, -0.2) is 9.97 Å². The highest BCUT2D eigenvalue weighted by molar-refractivity contribution is 7.99. The van der Waals surface area contributed by atoms with E-state index in [-0.39, 0.29) is 0 Å². The van der Waals surface area contributed by atoms with Crippen LogP contribution in [0.5, 0.6) is 0 Å². The number of hydrogen-bond donors (Lipinski definition) is 1. The van der Waals surface area contributed by atoms with Gasteiger partial charge >= 0.3 is 0 Å². The fraction of sp³-hybridized carbons (Fsp3) is 0.733. The monoisotopic (exact) mass is 294 g/mol. The Kier molecular flexibility index (Phi) is 5.81. The Bertz CT molecular complexity index is 436. The normalized spacial score (nSPS) is 20.6. The third-order valence-corrected chi connectivity index (χ3v) is 4.50. The first-order valence-electron chi connectivity index (χ1n) is 7.39. The van der Waals surface area contributed by atoms with Crippen molar-refractivity contribution in [3.05, 3.63) is 23.3 Å². The highest BCUT2D eigenvalue weighted by Gasteiger charge is 2.24. The van der Waals surface area contributed by atoms with Gasteiger partial charge < -0.3 is 5.32 Å². The van der Waals surface area contributed by atoms with Crippen LogP contribution in [0.15, 0.2) is 6.07 Å². The van der Waals surface area contributed by atoms with E-state index in [2.05, 4.69) is 49.1 Å². The minimum absolute atomic E-state index is 0.359. The molecule has 1 atom stereocenters. The Morgan fingerprint density at radius 3 is 2.95 bits per heavy atom. The van der Waals surface area contributed by atoms with E-state index in [0.717, 1.165) is 42.6 Å². The highest BCUT2D eigenvalue weighted by atomic mass is 32.2. The van der Waals surface area contributed by atoms with E-state index in [1.807, 2.05) is 11.8 Å². The lowest BCUT2D eigenvalue weighted by Gasteiger charge is -2.31. The van der Waals surface area contributed by atoms with E-state index in [1.54, 1.807) is 0 Å². The molecule has 0 radical (unpaired) electrons. The smallest absolute Gasteiger partial charge is 0.146 e. The molecule has 2 rings (SSSR count). The summed E-state index contributed by atoms with van der Waals surface area (Å²) in [5.41, 5.74) is 2.18. The molecule has 1 saturated heterocycles. The zero-order valence-electron chi connectivity index (χ0n) is 13.0. The summed E-state index contributed by atoms with van der Waals surface area (Å²) in [6, 6.07) is 2.45. The Hall–Kier alpha value is -0.650. The molecule has 0 aliphatic carbocycles. The average Bonchev–Trinajstić information content (AvgIpc) is 2.38. The molecule has 0 amide bonds. The first-order valence-corrected chi connectivity index (χ1v) is 8.55. The molecule has 1 aromatic heterocycles. The molecule has 1 fully saturated rings. The van der Waals surface area contributed by atoms with Crippen LogP contribution in [-0.4, -0.2) is 46.5 Å². The predicted molar refractivity (Wildman–Crippen MR) is 86.0 cm³/mol. The molecule has 1 unspecified atom stereocenters. The maximum absolute atomic E-state index is 4.78. The highest BCUT2D eigenvalue weighted by Crippen LogP contribution is 2.26. The summed E-state index contributed by atoms with van der Waals surface area (Å²) in [4.78, 5) is 11.8. The van der Waals surface area contributed by atoms with Gasteiger partial charge in [-0.05, 0) is 32.5 Å². The van der Waals surface area contributed by atoms with Gasteiger partial charge in [-0.15, -0.1) is 0 Å². The summed E-state index contributed by atoms with van der Waals surface area (Å²) in [6.45, 7) is 9.48. The van der Waals surface area contributed by atoms with Crippen molar-refractivity contribution in [2.75, 3.05) is 31.6 Å². The molecular formula is C15H26N4S. The molecular weight excluding hydrogens is 268 g/mol. The van der Waals surface area contributed by atoms with E-state index in [0.29, 0.717) is 12.0 Å². The van der Waals surface area contributed by atoms with E-state index in [4.69, 9.17) is 4.98 Å². The molecule has 20 heavy (non-hydrogen) atoms. The van der Waals surface area contributed by atoms with E-state index in [9.17, 15) is 0 Å². The van der Waals surface area contributed by atoms with Crippen molar-refractivity contribution in [2.45, 2.75) is 33.4 Å². The lowest BCUT2D eigenvalue weighted by Crippen LogP contribution is -2.34. The topological polar surface area (TPSA) is 41.1 Å². The second kappa shape index (κ2) is 7.38. The zero-order chi connectivity index (χ0) is 14.5. The Morgan fingerprint density at radius 1 is 1.45 bits per heavy atom. The second-order valence-corrected chi connectivity index (χ2v) is 7.10. The number of hydrogen-bond acceptors (Lipinski definition) is 5. The molecule has 1 aliphatic heterocycles. The van der Waals surface area contributed by atoms with Crippen LogP contribution in [0, 0.1) is 12.8 Å². The molecule has 5 heteroatoms. The fourth-order valence-electron chi connectivity index (χ4n) is 2.35. The summed E-state index contributed by atoms with van der Waals surface area (Å²) in [5.74, 6) is 3.96. The first kappa shape index (κ1) is 15.7. The molecule has 0 spiro atoms. The minimum Gasteiger partial charge on any atom is -0.311 e. The number of nitrogens with one attached hydrogen (secondary N) is 1. The van der Waals surface area contributed by atoms with Gasteiger partial charge in [0.05, 0.1) is 11.7 Å². The van der Waals surface area contributed by atoms with Crippen molar-refractivity contribution in [2.24, 2.45) is 5.92 Å². The summed E-state index contributed by atoms with van der Waals surface area (Å²) in [5, 5.41) is 3.46. The fourth-order valence-corrected chi connectivity index (χ4v) is 3.56. The van der Waals surface area contributed by atoms with Gasteiger partial charge in [-0.1, -0.05) is 13.8 Å². The van der Waals surface area contributed by atoms with Gasteiger partial charge in [-0.3, -0.25) is 4.90 Å². The van der Waals surface area contributed by atoms with Crippen molar-refractivity contribution < 1.29 is 0 Å². The standard InChI is InChI=1S/C15H26N4S/c1-11(2)8-16-9-13-7-12(3)17-15(18-13)14-10-20-6-5-19(14)4/h7,11,14,16H,5-6,8-10H2,1-4H3. The number of aromatic nitrogens is 2. The molecule has 1 aromatic rings. The van der Waals surface area contributed by atoms with Crippen LogP contribution in [0.1, 0.15) is 37.1 Å². The number of nitrogens with zero attached hydrogens (tertiary/aromatic N) is 3. The molecule has 2 heterocycles. The summed E-state index contributed by atoms with van der Waals surface area (Å²) in [7, 11) is 2.17. The van der Waals surface area contributed by atoms with Crippen molar-refractivity contribution in [1.82, 2.24) is 20.2 Å². The van der Waals surface area contributed by atoms with E-state index >= 15 is 0 Å². The largest absolute Gasteiger partial charge is 0.311 e. The van der Waals surface area contributed by atoms with Crippen LogP contribution in [0.25, 0.3) is 0 Å². The van der Waals surface area contributed by atoms with Crippen LogP contribution < -0.4 is 5.32 Å². The Labute approximate surface area is 126 Å². The van der Waals surface area contributed by atoms with Crippen LogP contribution in [-0.2, 0) is 6.54 Å². The summed E-state index contributed by atoms with van der Waals surface area (Å²) < 4.78 is 0. The first-order chi connectivity index (χ1) is 9.56. The van der Waals surface area contributed by atoms with Crippen molar-refractivity contribution in [1.29, 1.82) is 0 Å². The second-order valence-electron chi connectivity index (χ2n) is 5.95. The molecule has 0 bridgehead atoms. The summed E-state index contributed by atoms with van der Waals surface area (Å²) in [6.07, 6.45) is 0. The average molecular weight is 294 g/mol. The van der Waals surface area contributed by atoms with Gasteiger partial charge in [0, 0.05) is 30.3 Å². The predicted octanol–water partition coefficient (Wildman–Crippen LogP) is 2.25. The van der Waals surface area contributed by atoms with Crippen molar-refractivity contribution in [3.8, 4) is 0 Å². The van der Waals surface area contributed by atoms with Crippen LogP contribution in [0.3, 0.4) is 0 Å². The molecule has 1 aliphatic rings.